The second kappa shape index (κ2) is 16.2. The fourth-order valence-electron chi connectivity index (χ4n) is 1.89. The maximum absolute atomic E-state index is 11.4. The van der Waals surface area contributed by atoms with E-state index < -0.39 is 23.6 Å². The zero-order valence-corrected chi connectivity index (χ0v) is 20.2. The van der Waals surface area contributed by atoms with Crippen molar-refractivity contribution in [1.82, 2.24) is 0 Å². The minimum atomic E-state index is -1.02. The number of benzene rings is 2. The monoisotopic (exact) mass is 448 g/mol. The van der Waals surface area contributed by atoms with E-state index in [0.29, 0.717) is 16.9 Å². The van der Waals surface area contributed by atoms with Gasteiger partial charge in [0.1, 0.15) is 5.60 Å². The molecule has 0 atom stereocenters. The Morgan fingerprint density at radius 1 is 0.875 bits per heavy atom. The van der Waals surface area contributed by atoms with Crippen LogP contribution in [0.4, 0.5) is 16.2 Å². The molecule has 1 amide bonds. The lowest BCUT2D eigenvalue weighted by Gasteiger charge is -2.20. The van der Waals surface area contributed by atoms with Crippen LogP contribution >= 0.6 is 0 Å². The predicted octanol–water partition coefficient (Wildman–Crippen LogP) is 5.84. The van der Waals surface area contributed by atoms with Crippen molar-refractivity contribution in [3.05, 3.63) is 59.7 Å². The second-order valence-electron chi connectivity index (χ2n) is 6.59. The number of hydrogen-bond acceptors (Lipinski definition) is 6. The van der Waals surface area contributed by atoms with Gasteiger partial charge in [0.05, 0.1) is 29.6 Å². The Kier molecular flexibility index (Phi) is 15.5. The molecule has 2 aromatic carbocycles. The standard InChI is InChI=1S/C11H16N2O2.C9H8O4.2C2H6/c1-11(2,3)15-10(14)13-9-7-5-4-6-8(9)12;1-13-9(12)7-4-2-6(3-5-7)8(10)11;2*1-2/h4-7H,12H2,1-3H3,(H,13,14);2-5H,1H3,(H,10,11);2*1-2H3. The highest BCUT2D eigenvalue weighted by Crippen LogP contribution is 2.18. The van der Waals surface area contributed by atoms with Gasteiger partial charge in [0, 0.05) is 0 Å². The van der Waals surface area contributed by atoms with Gasteiger partial charge in [-0.15, -0.1) is 0 Å². The summed E-state index contributed by atoms with van der Waals surface area (Å²) in [5, 5.41) is 11.1. The second-order valence-corrected chi connectivity index (χ2v) is 6.59. The number of carbonyl (C=O) groups is 3. The summed E-state index contributed by atoms with van der Waals surface area (Å²) < 4.78 is 9.54. The molecule has 0 saturated heterocycles. The number of aromatic carboxylic acids is 1. The van der Waals surface area contributed by atoms with Crippen LogP contribution in [0.1, 0.15) is 69.2 Å². The Labute approximate surface area is 190 Å². The van der Waals surface area contributed by atoms with Crippen LogP contribution in [0.15, 0.2) is 48.5 Å². The van der Waals surface area contributed by atoms with Crippen LogP contribution in [0.5, 0.6) is 0 Å². The average Bonchev–Trinajstić information content (AvgIpc) is 2.77. The third kappa shape index (κ3) is 12.9. The molecule has 0 spiro atoms. The summed E-state index contributed by atoms with van der Waals surface area (Å²) >= 11 is 0. The normalized spacial score (nSPS) is 9.25. The van der Waals surface area contributed by atoms with E-state index in [4.69, 9.17) is 15.6 Å². The minimum absolute atomic E-state index is 0.146. The fourth-order valence-corrected chi connectivity index (χ4v) is 1.89. The number of anilines is 2. The Bertz CT molecular complexity index is 827. The fraction of sp³-hybridized carbons (Fsp3) is 0.375. The summed E-state index contributed by atoms with van der Waals surface area (Å²) in [5.41, 5.74) is 6.72. The van der Waals surface area contributed by atoms with E-state index >= 15 is 0 Å². The van der Waals surface area contributed by atoms with Crippen molar-refractivity contribution < 1.29 is 29.0 Å². The first-order valence-electron chi connectivity index (χ1n) is 10.3. The maximum atomic E-state index is 11.4. The number of nitrogen functional groups attached to an aromatic ring is 1. The molecule has 0 fully saturated rings. The molecular formula is C24H36N2O6. The number of nitrogens with two attached hydrogens (primary N) is 1. The van der Waals surface area contributed by atoms with E-state index in [1.807, 2.05) is 27.7 Å². The molecule has 0 aliphatic carbocycles. The van der Waals surface area contributed by atoms with Gasteiger partial charge < -0.3 is 20.3 Å². The molecule has 0 aliphatic rings. The number of carboxylic acid groups (broad SMARTS) is 1. The number of amides is 1. The molecule has 178 valence electrons. The minimum Gasteiger partial charge on any atom is -0.478 e. The topological polar surface area (TPSA) is 128 Å². The van der Waals surface area contributed by atoms with Crippen molar-refractivity contribution in [2.75, 3.05) is 18.2 Å². The highest BCUT2D eigenvalue weighted by Gasteiger charge is 2.16. The first-order chi connectivity index (χ1) is 15.0. The number of hydrogen-bond donors (Lipinski definition) is 3. The zero-order valence-electron chi connectivity index (χ0n) is 20.2. The van der Waals surface area contributed by atoms with E-state index in [2.05, 4.69) is 10.1 Å². The van der Waals surface area contributed by atoms with Crippen LogP contribution < -0.4 is 11.1 Å². The lowest BCUT2D eigenvalue weighted by molar-refractivity contribution is 0.0596. The van der Waals surface area contributed by atoms with Gasteiger partial charge in [0.25, 0.3) is 0 Å². The molecule has 8 nitrogen and oxygen atoms in total. The Morgan fingerprint density at radius 2 is 1.34 bits per heavy atom. The number of nitrogens with one attached hydrogen (secondary N) is 1. The van der Waals surface area contributed by atoms with Crippen LogP contribution in [0, 0.1) is 0 Å². The number of rotatable bonds is 3. The number of methoxy groups -OCH3 is 1. The molecule has 0 radical (unpaired) electrons. The third-order valence-electron chi connectivity index (χ3n) is 3.15. The molecule has 2 rings (SSSR count). The average molecular weight is 449 g/mol. The molecule has 0 aliphatic heterocycles. The first-order valence-corrected chi connectivity index (χ1v) is 10.3. The molecule has 0 aromatic heterocycles. The summed E-state index contributed by atoms with van der Waals surface area (Å²) in [7, 11) is 1.27. The van der Waals surface area contributed by atoms with Crippen LogP contribution in [0.25, 0.3) is 0 Å². The van der Waals surface area contributed by atoms with Gasteiger partial charge in [-0.3, -0.25) is 5.32 Å². The van der Waals surface area contributed by atoms with Crippen molar-refractivity contribution in [1.29, 1.82) is 0 Å². The molecule has 8 heteroatoms. The molecule has 0 heterocycles. The van der Waals surface area contributed by atoms with E-state index in [9.17, 15) is 14.4 Å². The van der Waals surface area contributed by atoms with Crippen molar-refractivity contribution in [2.24, 2.45) is 0 Å². The van der Waals surface area contributed by atoms with E-state index in [1.54, 1.807) is 45.0 Å². The molecule has 2 aromatic rings. The number of para-hydroxylation sites is 2. The van der Waals surface area contributed by atoms with Crippen molar-refractivity contribution in [3.8, 4) is 0 Å². The molecule has 0 bridgehead atoms. The van der Waals surface area contributed by atoms with Gasteiger partial charge in [-0.2, -0.15) is 0 Å². The van der Waals surface area contributed by atoms with Crippen molar-refractivity contribution in [3.63, 3.8) is 0 Å². The predicted molar refractivity (Wildman–Crippen MR) is 128 cm³/mol. The third-order valence-corrected chi connectivity index (χ3v) is 3.15. The quantitative estimate of drug-likeness (QED) is 0.397. The van der Waals surface area contributed by atoms with Gasteiger partial charge in [-0.25, -0.2) is 14.4 Å². The highest BCUT2D eigenvalue weighted by molar-refractivity contribution is 5.92. The number of esters is 1. The van der Waals surface area contributed by atoms with Gasteiger partial charge >= 0.3 is 18.0 Å². The number of ether oxygens (including phenoxy) is 2. The summed E-state index contributed by atoms with van der Waals surface area (Å²) in [6, 6.07) is 12.6. The van der Waals surface area contributed by atoms with Crippen LogP contribution in [0.3, 0.4) is 0 Å². The summed E-state index contributed by atoms with van der Waals surface area (Å²) in [4.78, 5) is 32.8. The largest absolute Gasteiger partial charge is 0.478 e. The molecule has 4 N–H and O–H groups in total. The van der Waals surface area contributed by atoms with Gasteiger partial charge in [0.2, 0.25) is 0 Å². The van der Waals surface area contributed by atoms with Crippen LogP contribution in [-0.2, 0) is 9.47 Å². The Balaban J connectivity index is 0. The van der Waals surface area contributed by atoms with Crippen LogP contribution in [-0.4, -0.2) is 35.8 Å². The first kappa shape index (κ1) is 30.6. The van der Waals surface area contributed by atoms with E-state index in [0.717, 1.165) is 0 Å². The van der Waals surface area contributed by atoms with Gasteiger partial charge in [-0.05, 0) is 57.2 Å². The number of carbonyl (C=O) groups excluding carboxylic acids is 2. The van der Waals surface area contributed by atoms with Gasteiger partial charge in [-0.1, -0.05) is 39.8 Å². The van der Waals surface area contributed by atoms with Gasteiger partial charge in [0.15, 0.2) is 0 Å². The molecule has 0 unspecified atom stereocenters. The SMILES string of the molecule is CC.CC.CC(C)(C)OC(=O)Nc1ccccc1N.COC(=O)c1ccc(C(=O)O)cc1. The summed E-state index contributed by atoms with van der Waals surface area (Å²) in [5.74, 6) is -1.49. The van der Waals surface area contributed by atoms with Crippen molar-refractivity contribution >= 4 is 29.4 Å². The Morgan fingerprint density at radius 3 is 1.75 bits per heavy atom. The lowest BCUT2D eigenvalue weighted by Crippen LogP contribution is -2.27. The van der Waals surface area contributed by atoms with E-state index in [1.165, 1.54) is 31.4 Å². The van der Waals surface area contributed by atoms with E-state index in [-0.39, 0.29) is 5.56 Å². The summed E-state index contributed by atoms with van der Waals surface area (Å²) in [6.45, 7) is 13.4. The molecule has 0 saturated carbocycles. The van der Waals surface area contributed by atoms with Crippen molar-refractivity contribution in [2.45, 2.75) is 54.1 Å². The highest BCUT2D eigenvalue weighted by atomic mass is 16.6. The maximum Gasteiger partial charge on any atom is 0.412 e. The molecule has 32 heavy (non-hydrogen) atoms. The smallest absolute Gasteiger partial charge is 0.412 e. The zero-order chi connectivity index (χ0) is 25.3. The van der Waals surface area contributed by atoms with Crippen LogP contribution in [0.2, 0.25) is 0 Å². The molecular weight excluding hydrogens is 412 g/mol. The lowest BCUT2D eigenvalue weighted by atomic mass is 10.1. The Hall–Kier alpha value is -3.55. The summed E-state index contributed by atoms with van der Waals surface area (Å²) in [6.07, 6.45) is -0.500. The number of carboxylic acids is 1.